The summed E-state index contributed by atoms with van der Waals surface area (Å²) in [5.41, 5.74) is 0. The number of furan rings is 1. The maximum atomic E-state index is 11.0. The minimum atomic E-state index is -0.785. The molecule has 0 saturated carbocycles. The maximum absolute atomic E-state index is 11.0. The van der Waals surface area contributed by atoms with Crippen molar-refractivity contribution >= 4 is 5.97 Å². The Hall–Kier alpha value is -1.29. The van der Waals surface area contributed by atoms with Gasteiger partial charge in [-0.3, -0.25) is 9.69 Å². The number of carboxylic acids is 1. The minimum Gasteiger partial charge on any atom is -0.480 e. The Balaban J connectivity index is 2.62. The van der Waals surface area contributed by atoms with E-state index in [1.165, 1.54) is 0 Å². The van der Waals surface area contributed by atoms with Gasteiger partial charge in [0.05, 0.1) is 6.54 Å². The van der Waals surface area contributed by atoms with Gasteiger partial charge in [-0.1, -0.05) is 13.8 Å². The predicted molar refractivity (Wildman–Crippen MR) is 61.3 cm³/mol. The van der Waals surface area contributed by atoms with Crippen LogP contribution in [0.15, 0.2) is 16.5 Å². The van der Waals surface area contributed by atoms with Crippen LogP contribution in [0, 0.1) is 0 Å². The normalized spacial score (nSPS) is 13.0. The number of nitrogens with zero attached hydrogens (tertiary/aromatic N) is 1. The van der Waals surface area contributed by atoms with Gasteiger partial charge in [-0.2, -0.15) is 0 Å². The van der Waals surface area contributed by atoms with E-state index >= 15 is 0 Å². The molecule has 1 atom stereocenters. The highest BCUT2D eigenvalue weighted by atomic mass is 16.4. The number of aliphatic carboxylic acids is 1. The van der Waals surface area contributed by atoms with Gasteiger partial charge in [-0.15, -0.1) is 0 Å². The third-order valence-electron chi connectivity index (χ3n) is 2.67. The molecule has 1 unspecified atom stereocenters. The van der Waals surface area contributed by atoms with E-state index in [1.807, 2.05) is 26.0 Å². The van der Waals surface area contributed by atoms with Gasteiger partial charge in [-0.25, -0.2) is 0 Å². The quantitative estimate of drug-likeness (QED) is 0.805. The molecule has 0 radical (unpaired) electrons. The first-order chi connectivity index (χ1) is 7.58. The first-order valence-electron chi connectivity index (χ1n) is 5.59. The fourth-order valence-corrected chi connectivity index (χ4v) is 1.73. The fourth-order valence-electron chi connectivity index (χ4n) is 1.73. The van der Waals surface area contributed by atoms with E-state index in [-0.39, 0.29) is 0 Å². The van der Waals surface area contributed by atoms with Crippen molar-refractivity contribution in [3.05, 3.63) is 23.7 Å². The molecule has 1 rings (SSSR count). The molecule has 4 nitrogen and oxygen atoms in total. The maximum Gasteiger partial charge on any atom is 0.320 e. The summed E-state index contributed by atoms with van der Waals surface area (Å²) in [6, 6.07) is 3.39. The molecule has 1 heterocycles. The van der Waals surface area contributed by atoms with Crippen molar-refractivity contribution in [3.8, 4) is 0 Å². The van der Waals surface area contributed by atoms with Crippen molar-refractivity contribution in [2.45, 2.75) is 39.3 Å². The number of carboxylic acid groups (broad SMARTS) is 1. The zero-order valence-electron chi connectivity index (χ0n) is 10.1. The third-order valence-corrected chi connectivity index (χ3v) is 2.67. The van der Waals surface area contributed by atoms with Crippen LogP contribution in [0.25, 0.3) is 0 Å². The molecule has 0 amide bonds. The predicted octanol–water partition coefficient (Wildman–Crippen LogP) is 2.14. The molecule has 0 spiro atoms. The van der Waals surface area contributed by atoms with E-state index < -0.39 is 12.0 Å². The van der Waals surface area contributed by atoms with Crippen LogP contribution in [0.4, 0.5) is 0 Å². The van der Waals surface area contributed by atoms with Gasteiger partial charge in [0.15, 0.2) is 0 Å². The number of carbonyl (C=O) groups is 1. The van der Waals surface area contributed by atoms with Crippen LogP contribution in [-0.4, -0.2) is 29.1 Å². The number of aryl methyl sites for hydroxylation is 1. The van der Waals surface area contributed by atoms with Crippen molar-refractivity contribution in [2.75, 3.05) is 7.05 Å². The zero-order valence-corrected chi connectivity index (χ0v) is 10.1. The Morgan fingerprint density at radius 2 is 2.06 bits per heavy atom. The van der Waals surface area contributed by atoms with Crippen molar-refractivity contribution in [3.63, 3.8) is 0 Å². The molecule has 16 heavy (non-hydrogen) atoms. The smallest absolute Gasteiger partial charge is 0.320 e. The van der Waals surface area contributed by atoms with E-state index in [9.17, 15) is 4.79 Å². The van der Waals surface area contributed by atoms with Gasteiger partial charge in [0.25, 0.3) is 0 Å². The number of likely N-dealkylation sites (N-methyl/N-ethyl adjacent to an activating group) is 1. The lowest BCUT2D eigenvalue weighted by Crippen LogP contribution is -2.37. The monoisotopic (exact) mass is 225 g/mol. The van der Waals surface area contributed by atoms with Crippen LogP contribution in [0.3, 0.4) is 0 Å². The molecular formula is C12H19NO3. The Morgan fingerprint density at radius 1 is 1.44 bits per heavy atom. The summed E-state index contributed by atoms with van der Waals surface area (Å²) in [6.07, 6.45) is 1.45. The van der Waals surface area contributed by atoms with Gasteiger partial charge in [0.1, 0.15) is 17.6 Å². The second-order valence-electron chi connectivity index (χ2n) is 3.90. The van der Waals surface area contributed by atoms with Crippen LogP contribution in [0.5, 0.6) is 0 Å². The number of hydrogen-bond acceptors (Lipinski definition) is 3. The van der Waals surface area contributed by atoms with Crippen molar-refractivity contribution in [2.24, 2.45) is 0 Å². The number of rotatable bonds is 6. The molecule has 0 fully saturated rings. The highest BCUT2D eigenvalue weighted by Gasteiger charge is 2.21. The molecule has 90 valence electrons. The van der Waals surface area contributed by atoms with Crippen LogP contribution in [-0.2, 0) is 17.8 Å². The summed E-state index contributed by atoms with van der Waals surface area (Å²) in [5.74, 6) is 0.970. The van der Waals surface area contributed by atoms with Gasteiger partial charge < -0.3 is 9.52 Å². The largest absolute Gasteiger partial charge is 0.480 e. The summed E-state index contributed by atoms with van der Waals surface area (Å²) < 4.78 is 5.54. The van der Waals surface area contributed by atoms with Crippen LogP contribution in [0.2, 0.25) is 0 Å². The molecule has 0 aliphatic rings. The highest BCUT2D eigenvalue weighted by molar-refractivity contribution is 5.73. The second kappa shape index (κ2) is 5.70. The minimum absolute atomic E-state index is 0.449. The Bertz CT molecular complexity index is 346. The molecule has 1 N–H and O–H groups in total. The van der Waals surface area contributed by atoms with E-state index in [1.54, 1.807) is 11.9 Å². The fraction of sp³-hybridized carbons (Fsp3) is 0.583. The summed E-state index contributed by atoms with van der Waals surface area (Å²) in [4.78, 5) is 12.7. The molecular weight excluding hydrogens is 206 g/mol. The first-order valence-corrected chi connectivity index (χ1v) is 5.59. The Labute approximate surface area is 95.9 Å². The van der Waals surface area contributed by atoms with E-state index in [0.717, 1.165) is 17.9 Å². The highest BCUT2D eigenvalue weighted by Crippen LogP contribution is 2.13. The summed E-state index contributed by atoms with van der Waals surface area (Å²) >= 11 is 0. The van der Waals surface area contributed by atoms with Crippen molar-refractivity contribution in [1.82, 2.24) is 4.90 Å². The SMILES string of the molecule is CCc1ccc(CN(C)C(CC)C(=O)O)o1. The van der Waals surface area contributed by atoms with Crippen molar-refractivity contribution < 1.29 is 14.3 Å². The average molecular weight is 225 g/mol. The third kappa shape index (κ3) is 3.10. The zero-order chi connectivity index (χ0) is 12.1. The molecule has 0 saturated heterocycles. The summed E-state index contributed by atoms with van der Waals surface area (Å²) in [6.45, 7) is 4.43. The molecule has 4 heteroatoms. The van der Waals surface area contributed by atoms with Gasteiger partial charge >= 0.3 is 5.97 Å². The standard InChI is InChI=1S/C12H19NO3/c1-4-9-6-7-10(16-9)8-13(3)11(5-2)12(14)15/h6-7,11H,4-5,8H2,1-3H3,(H,14,15). The lowest BCUT2D eigenvalue weighted by Gasteiger charge is -2.22. The lowest BCUT2D eigenvalue weighted by molar-refractivity contribution is -0.143. The van der Waals surface area contributed by atoms with Crippen LogP contribution in [0.1, 0.15) is 31.8 Å². The second-order valence-corrected chi connectivity index (χ2v) is 3.90. The first kappa shape index (κ1) is 12.8. The molecule has 1 aromatic rings. The molecule has 0 aromatic carbocycles. The average Bonchev–Trinajstić information content (AvgIpc) is 2.65. The molecule has 0 aliphatic carbocycles. The molecule has 0 bridgehead atoms. The van der Waals surface area contributed by atoms with Crippen LogP contribution >= 0.6 is 0 Å². The van der Waals surface area contributed by atoms with Crippen LogP contribution < -0.4 is 0 Å². The molecule has 1 aromatic heterocycles. The molecule has 0 aliphatic heterocycles. The van der Waals surface area contributed by atoms with E-state index in [4.69, 9.17) is 9.52 Å². The topological polar surface area (TPSA) is 53.7 Å². The summed E-state index contributed by atoms with van der Waals surface area (Å²) in [7, 11) is 1.80. The Kier molecular flexibility index (Phi) is 4.55. The lowest BCUT2D eigenvalue weighted by atomic mass is 10.2. The Morgan fingerprint density at radius 3 is 2.50 bits per heavy atom. The van der Waals surface area contributed by atoms with Crippen molar-refractivity contribution in [1.29, 1.82) is 0 Å². The van der Waals surface area contributed by atoms with Gasteiger partial charge in [-0.05, 0) is 25.6 Å². The van der Waals surface area contributed by atoms with E-state index in [2.05, 4.69) is 0 Å². The van der Waals surface area contributed by atoms with E-state index in [0.29, 0.717) is 13.0 Å². The van der Waals surface area contributed by atoms with Gasteiger partial charge in [0, 0.05) is 6.42 Å². The number of hydrogen-bond donors (Lipinski definition) is 1. The summed E-state index contributed by atoms with van der Waals surface area (Å²) in [5, 5.41) is 9.00. The van der Waals surface area contributed by atoms with Gasteiger partial charge in [0.2, 0.25) is 0 Å².